The number of esters is 1. The van der Waals surface area contributed by atoms with E-state index in [2.05, 4.69) is 15.1 Å². The van der Waals surface area contributed by atoms with Crippen LogP contribution >= 0.6 is 11.6 Å². The first-order valence-corrected chi connectivity index (χ1v) is 10.9. The van der Waals surface area contributed by atoms with E-state index in [-0.39, 0.29) is 23.5 Å². The maximum Gasteiger partial charge on any atom is 0.314 e. The van der Waals surface area contributed by atoms with Crippen molar-refractivity contribution in [1.82, 2.24) is 20.0 Å². The summed E-state index contributed by atoms with van der Waals surface area (Å²) in [6.45, 7) is 6.62. The van der Waals surface area contributed by atoms with Crippen LogP contribution in [0.3, 0.4) is 0 Å². The van der Waals surface area contributed by atoms with Gasteiger partial charge in [0.15, 0.2) is 0 Å². The zero-order valence-electron chi connectivity index (χ0n) is 16.9. The molecule has 3 aliphatic rings. The molecule has 3 atom stereocenters. The van der Waals surface area contributed by atoms with Gasteiger partial charge < -0.3 is 14.4 Å². The third-order valence-corrected chi connectivity index (χ3v) is 7.11. The Kier molecular flexibility index (Phi) is 6.13. The molecular formula is C20H29ClN4O4. The topological polar surface area (TPSA) is 87.8 Å². The number of fused-ring (bicyclic) bond motifs is 1. The summed E-state index contributed by atoms with van der Waals surface area (Å²) >= 11 is 6.09. The quantitative estimate of drug-likeness (QED) is 0.743. The Hall–Kier alpha value is -1.64. The van der Waals surface area contributed by atoms with E-state index in [9.17, 15) is 9.59 Å². The fourth-order valence-corrected chi connectivity index (χ4v) is 5.44. The molecular weight excluding hydrogens is 396 g/mol. The number of morpholine rings is 1. The lowest BCUT2D eigenvalue weighted by Gasteiger charge is -2.52. The standard InChI is InChI=1S/C20H29ClN4O4/c1-2-29-19(27)20-5-3-15(24-7-9-28-10-8-24)11-14(20)4-6-25(13-20)18(26)17-16(21)12-22-23-17/h12,14-15H,2-11,13H2,1H3,(H,22,23)/t14-,15?,20-/m1/s1. The lowest BCUT2D eigenvalue weighted by Crippen LogP contribution is -2.59. The number of halogens is 1. The minimum Gasteiger partial charge on any atom is -0.466 e. The largest absolute Gasteiger partial charge is 0.466 e. The van der Waals surface area contributed by atoms with Crippen molar-refractivity contribution in [2.45, 2.75) is 38.6 Å². The molecule has 0 aromatic carbocycles. The Morgan fingerprint density at radius 1 is 1.34 bits per heavy atom. The third-order valence-electron chi connectivity index (χ3n) is 6.82. The first kappa shape index (κ1) is 20.6. The van der Waals surface area contributed by atoms with Gasteiger partial charge in [-0.25, -0.2) is 0 Å². The number of nitrogens with zero attached hydrogens (tertiary/aromatic N) is 3. The van der Waals surface area contributed by atoms with Crippen LogP contribution in [0.5, 0.6) is 0 Å². The molecule has 2 saturated heterocycles. The minimum absolute atomic E-state index is 0.168. The van der Waals surface area contributed by atoms with Crippen molar-refractivity contribution in [3.63, 3.8) is 0 Å². The number of piperidine rings is 1. The zero-order valence-corrected chi connectivity index (χ0v) is 17.6. The van der Waals surface area contributed by atoms with E-state index in [0.717, 1.165) is 52.0 Å². The van der Waals surface area contributed by atoms with E-state index in [0.29, 0.717) is 30.8 Å². The van der Waals surface area contributed by atoms with Crippen LogP contribution in [0, 0.1) is 11.3 Å². The number of H-pyrrole nitrogens is 1. The van der Waals surface area contributed by atoms with Gasteiger partial charge in [0.2, 0.25) is 0 Å². The predicted octanol–water partition coefficient (Wildman–Crippen LogP) is 1.96. The van der Waals surface area contributed by atoms with Gasteiger partial charge in [-0.05, 0) is 38.5 Å². The summed E-state index contributed by atoms with van der Waals surface area (Å²) in [4.78, 5) is 30.3. The van der Waals surface area contributed by atoms with E-state index < -0.39 is 5.41 Å². The maximum absolute atomic E-state index is 13.1. The molecule has 1 aromatic rings. The Morgan fingerprint density at radius 3 is 2.83 bits per heavy atom. The van der Waals surface area contributed by atoms with Crippen LogP contribution in [0.2, 0.25) is 5.02 Å². The van der Waals surface area contributed by atoms with Gasteiger partial charge in [-0.2, -0.15) is 5.10 Å². The van der Waals surface area contributed by atoms with Crippen LogP contribution in [0.15, 0.2) is 6.20 Å². The number of carbonyl (C=O) groups is 2. The van der Waals surface area contributed by atoms with Gasteiger partial charge >= 0.3 is 5.97 Å². The second-order valence-electron chi connectivity index (χ2n) is 8.26. The first-order chi connectivity index (χ1) is 14.0. The molecule has 1 unspecified atom stereocenters. The molecule has 1 amide bonds. The first-order valence-electron chi connectivity index (χ1n) is 10.5. The van der Waals surface area contributed by atoms with Crippen molar-refractivity contribution in [3.8, 4) is 0 Å². The Labute approximate surface area is 175 Å². The number of hydrogen-bond donors (Lipinski definition) is 1. The fourth-order valence-electron chi connectivity index (χ4n) is 5.27. The lowest BCUT2D eigenvalue weighted by molar-refractivity contribution is -0.168. The number of ether oxygens (including phenoxy) is 2. The number of hydrogen-bond acceptors (Lipinski definition) is 6. The van der Waals surface area contributed by atoms with E-state index in [1.165, 1.54) is 6.20 Å². The summed E-state index contributed by atoms with van der Waals surface area (Å²) < 4.78 is 11.0. The number of nitrogens with one attached hydrogen (secondary N) is 1. The highest BCUT2D eigenvalue weighted by atomic mass is 35.5. The highest BCUT2D eigenvalue weighted by Gasteiger charge is 2.54. The van der Waals surface area contributed by atoms with Crippen LogP contribution in [0.25, 0.3) is 0 Å². The molecule has 4 rings (SSSR count). The lowest BCUT2D eigenvalue weighted by atomic mass is 9.61. The molecule has 1 N–H and O–H groups in total. The highest BCUT2D eigenvalue weighted by Crippen LogP contribution is 2.48. The maximum atomic E-state index is 13.1. The van der Waals surface area contributed by atoms with E-state index in [4.69, 9.17) is 21.1 Å². The number of aromatic nitrogens is 2. The molecule has 3 heterocycles. The summed E-state index contributed by atoms with van der Waals surface area (Å²) in [6, 6.07) is 0.468. The van der Waals surface area contributed by atoms with Crippen LogP contribution in [-0.4, -0.2) is 83.9 Å². The van der Waals surface area contributed by atoms with Gasteiger partial charge in [0, 0.05) is 32.2 Å². The second kappa shape index (κ2) is 8.62. The van der Waals surface area contributed by atoms with Gasteiger partial charge in [-0.1, -0.05) is 11.6 Å². The molecule has 0 spiro atoms. The molecule has 8 nitrogen and oxygen atoms in total. The molecule has 1 aliphatic carbocycles. The second-order valence-corrected chi connectivity index (χ2v) is 8.67. The summed E-state index contributed by atoms with van der Waals surface area (Å²) in [7, 11) is 0. The van der Waals surface area contributed by atoms with Crippen molar-refractivity contribution in [3.05, 3.63) is 16.9 Å². The monoisotopic (exact) mass is 424 g/mol. The summed E-state index contributed by atoms with van der Waals surface area (Å²) in [6.07, 6.45) is 4.85. The Morgan fingerprint density at radius 2 is 2.14 bits per heavy atom. The van der Waals surface area contributed by atoms with Crippen molar-refractivity contribution >= 4 is 23.5 Å². The SMILES string of the molecule is CCOC(=O)[C@@]12CCC(N3CCOCC3)C[C@H]1CCN(C(=O)c1[nH]ncc1Cl)C2. The summed E-state index contributed by atoms with van der Waals surface area (Å²) in [5.74, 6) is -0.159. The molecule has 0 radical (unpaired) electrons. The van der Waals surface area contributed by atoms with Crippen molar-refractivity contribution < 1.29 is 19.1 Å². The molecule has 9 heteroatoms. The van der Waals surface area contributed by atoms with Gasteiger partial charge in [-0.3, -0.25) is 19.6 Å². The smallest absolute Gasteiger partial charge is 0.314 e. The van der Waals surface area contributed by atoms with Crippen molar-refractivity contribution in [2.75, 3.05) is 46.0 Å². The third kappa shape index (κ3) is 3.90. The Bertz CT molecular complexity index is 751. The zero-order chi connectivity index (χ0) is 20.4. The molecule has 0 bridgehead atoms. The number of carbonyl (C=O) groups excluding carboxylic acids is 2. The molecule has 29 heavy (non-hydrogen) atoms. The molecule has 2 aliphatic heterocycles. The molecule has 1 saturated carbocycles. The van der Waals surface area contributed by atoms with E-state index in [1.54, 1.807) is 4.90 Å². The van der Waals surface area contributed by atoms with E-state index >= 15 is 0 Å². The average molecular weight is 425 g/mol. The van der Waals surface area contributed by atoms with E-state index in [1.807, 2.05) is 6.92 Å². The van der Waals surface area contributed by atoms with Crippen LogP contribution < -0.4 is 0 Å². The van der Waals surface area contributed by atoms with Gasteiger partial charge in [-0.15, -0.1) is 0 Å². The van der Waals surface area contributed by atoms with Gasteiger partial charge in [0.1, 0.15) is 5.69 Å². The molecule has 1 aromatic heterocycles. The Balaban J connectivity index is 1.53. The van der Waals surface area contributed by atoms with Crippen LogP contribution in [0.4, 0.5) is 0 Å². The fraction of sp³-hybridized carbons (Fsp3) is 0.750. The highest BCUT2D eigenvalue weighted by molar-refractivity contribution is 6.33. The van der Waals surface area contributed by atoms with Crippen molar-refractivity contribution in [2.24, 2.45) is 11.3 Å². The minimum atomic E-state index is -0.640. The van der Waals surface area contributed by atoms with Crippen LogP contribution in [-0.2, 0) is 14.3 Å². The normalized spacial score (nSPS) is 30.6. The predicted molar refractivity (Wildman–Crippen MR) is 107 cm³/mol. The number of aromatic amines is 1. The van der Waals surface area contributed by atoms with Gasteiger partial charge in [0.25, 0.3) is 5.91 Å². The summed E-state index contributed by atoms with van der Waals surface area (Å²) in [5.41, 5.74) is -0.356. The van der Waals surface area contributed by atoms with Gasteiger partial charge in [0.05, 0.1) is 36.5 Å². The number of amides is 1. The number of likely N-dealkylation sites (tertiary alicyclic amines) is 1. The number of rotatable bonds is 4. The molecule has 3 fully saturated rings. The van der Waals surface area contributed by atoms with Crippen LogP contribution in [0.1, 0.15) is 43.1 Å². The molecule has 160 valence electrons. The summed E-state index contributed by atoms with van der Waals surface area (Å²) in [5, 5.41) is 6.84. The van der Waals surface area contributed by atoms with Crippen molar-refractivity contribution in [1.29, 1.82) is 0 Å². The average Bonchev–Trinajstić information content (AvgIpc) is 3.19.